The second-order valence-corrected chi connectivity index (χ2v) is 8.12. The number of nitrogens with zero attached hydrogens (tertiary/aromatic N) is 1. The van der Waals surface area contributed by atoms with Gasteiger partial charge in [0.25, 0.3) is 0 Å². The second kappa shape index (κ2) is 7.98. The molecule has 1 aliphatic heterocycles. The molecule has 0 aromatic heterocycles. The van der Waals surface area contributed by atoms with Gasteiger partial charge in [-0.25, -0.2) is 8.42 Å². The Morgan fingerprint density at radius 2 is 1.89 bits per heavy atom. The summed E-state index contributed by atoms with van der Waals surface area (Å²) in [6.45, 7) is 0.712. The van der Waals surface area contributed by atoms with Gasteiger partial charge in [-0.3, -0.25) is 4.79 Å². The quantitative estimate of drug-likeness (QED) is 0.586. The Morgan fingerprint density at radius 3 is 2.52 bits per heavy atom. The number of carbonyl (C=O) groups excluding carboxylic acids is 1. The van der Waals surface area contributed by atoms with Crippen molar-refractivity contribution < 1.29 is 19.3 Å². The predicted molar refractivity (Wildman–Crippen MR) is 103 cm³/mol. The van der Waals surface area contributed by atoms with Crippen LogP contribution in [0.2, 0.25) is 0 Å². The van der Waals surface area contributed by atoms with Crippen LogP contribution in [0.1, 0.15) is 18.4 Å². The summed E-state index contributed by atoms with van der Waals surface area (Å²) in [5.41, 5.74) is 1.56. The van der Waals surface area contributed by atoms with E-state index in [9.17, 15) is 13.2 Å². The minimum atomic E-state index is -4.02. The third-order valence-corrected chi connectivity index (χ3v) is 6.29. The zero-order valence-corrected chi connectivity index (χ0v) is 16.0. The minimum absolute atomic E-state index is 0.0840. The van der Waals surface area contributed by atoms with Crippen molar-refractivity contribution in [2.75, 3.05) is 13.6 Å². The van der Waals surface area contributed by atoms with Crippen molar-refractivity contribution in [3.8, 4) is 0 Å². The summed E-state index contributed by atoms with van der Waals surface area (Å²) in [5.74, 6) is -1.44. The van der Waals surface area contributed by atoms with E-state index in [2.05, 4.69) is 0 Å². The fourth-order valence-electron chi connectivity index (χ4n) is 3.09. The molecule has 6 heteroatoms. The number of hydrogen-bond acceptors (Lipinski definition) is 4. The molecule has 140 valence electrons. The molecular weight excluding hydrogens is 362 g/mol. The van der Waals surface area contributed by atoms with Crippen molar-refractivity contribution in [2.45, 2.75) is 23.8 Å². The van der Waals surface area contributed by atoms with Gasteiger partial charge >= 0.3 is 5.97 Å². The van der Waals surface area contributed by atoms with Crippen molar-refractivity contribution in [2.24, 2.45) is 0 Å². The van der Waals surface area contributed by atoms with E-state index >= 15 is 0 Å². The smallest absolute Gasteiger partial charge is 0.317 e. The lowest BCUT2D eigenvalue weighted by molar-refractivity contribution is -0.143. The van der Waals surface area contributed by atoms with Crippen LogP contribution < -0.4 is 0 Å². The molecule has 1 heterocycles. The van der Waals surface area contributed by atoms with Crippen molar-refractivity contribution >= 4 is 16.0 Å². The van der Waals surface area contributed by atoms with Crippen LogP contribution >= 0.6 is 0 Å². The highest BCUT2D eigenvalue weighted by Gasteiger charge is 2.44. The Labute approximate surface area is 161 Å². The first-order valence-electron chi connectivity index (χ1n) is 9.11. The Bertz CT molecular complexity index is 958. The SMILES string of the molecule is [2H][C@@H]1C=C[CH+][C@H](C(C(=O)OC)c2ccccc2)N1S(=O)(=O)c1ccc(C)cc1. The maximum absolute atomic E-state index is 13.4. The molecule has 0 saturated heterocycles. The number of rotatable bonds is 5. The van der Waals surface area contributed by atoms with Crippen molar-refractivity contribution in [1.29, 1.82) is 0 Å². The van der Waals surface area contributed by atoms with Crippen LogP contribution in [0.3, 0.4) is 0 Å². The van der Waals surface area contributed by atoms with Crippen molar-refractivity contribution in [3.05, 3.63) is 84.3 Å². The van der Waals surface area contributed by atoms with Crippen molar-refractivity contribution in [1.82, 2.24) is 4.31 Å². The molecule has 1 aliphatic rings. The van der Waals surface area contributed by atoms with Gasteiger partial charge in [-0.2, -0.15) is 0 Å². The number of aryl methyl sites for hydroxylation is 1. The van der Waals surface area contributed by atoms with Gasteiger partial charge in [0.05, 0.1) is 31.9 Å². The molecule has 5 nitrogen and oxygen atoms in total. The summed E-state index contributed by atoms with van der Waals surface area (Å²) in [5, 5.41) is 0. The zero-order chi connectivity index (χ0) is 20.3. The molecule has 27 heavy (non-hydrogen) atoms. The lowest BCUT2D eigenvalue weighted by Gasteiger charge is -2.31. The highest BCUT2D eigenvalue weighted by atomic mass is 32.2. The number of esters is 1. The summed E-state index contributed by atoms with van der Waals surface area (Å²) >= 11 is 0. The first-order valence-corrected chi connectivity index (χ1v) is 9.97. The minimum Gasteiger partial charge on any atom is -0.468 e. The summed E-state index contributed by atoms with van der Waals surface area (Å²) in [6.07, 6.45) is 4.73. The molecule has 3 atom stereocenters. The van der Waals surface area contributed by atoms with Crippen LogP contribution in [0, 0.1) is 13.3 Å². The molecule has 3 rings (SSSR count). The average Bonchev–Trinajstić information content (AvgIpc) is 2.69. The summed E-state index contributed by atoms with van der Waals surface area (Å²) in [6, 6.07) is 14.4. The Balaban J connectivity index is 2.10. The lowest BCUT2D eigenvalue weighted by Crippen LogP contribution is -2.47. The highest BCUT2D eigenvalue weighted by molar-refractivity contribution is 7.89. The number of sulfonamides is 1. The van der Waals surface area contributed by atoms with Crippen LogP contribution in [-0.4, -0.2) is 38.4 Å². The Morgan fingerprint density at radius 1 is 1.22 bits per heavy atom. The van der Waals surface area contributed by atoms with Crippen LogP contribution in [0.5, 0.6) is 0 Å². The fraction of sp³-hybridized carbons (Fsp3) is 0.238. The van der Waals surface area contributed by atoms with Gasteiger partial charge in [0, 0.05) is 0 Å². The maximum atomic E-state index is 13.4. The van der Waals surface area contributed by atoms with E-state index in [4.69, 9.17) is 6.11 Å². The van der Waals surface area contributed by atoms with Crippen LogP contribution in [0.4, 0.5) is 0 Å². The summed E-state index contributed by atoms with van der Waals surface area (Å²) < 4.78 is 41.1. The Kier molecular flexibility index (Phi) is 5.27. The number of hydrogen-bond donors (Lipinski definition) is 0. The van der Waals surface area contributed by atoms with E-state index in [1.165, 1.54) is 25.3 Å². The average molecular weight is 385 g/mol. The molecule has 0 aliphatic carbocycles. The van der Waals surface area contributed by atoms with Crippen molar-refractivity contribution in [3.63, 3.8) is 0 Å². The molecule has 0 bridgehead atoms. The van der Waals surface area contributed by atoms with E-state index in [0.29, 0.717) is 5.56 Å². The van der Waals surface area contributed by atoms with Crippen LogP contribution in [-0.2, 0) is 19.6 Å². The lowest BCUT2D eigenvalue weighted by atomic mass is 9.88. The van der Waals surface area contributed by atoms with Gasteiger partial charge < -0.3 is 4.74 Å². The molecule has 2 aromatic rings. The third kappa shape index (κ3) is 3.91. The standard InChI is InChI=1S/C21H22NO4S/c1-16-11-13-18(14-12-16)27(24,25)22-15-7-6-10-19(22)20(21(23)26-2)17-8-4-3-5-9-17/h3-14,19-20H,15H2,1-2H3/q+1/t19-,20?/m1/s1/i15D/t15-,19-,20?. The maximum Gasteiger partial charge on any atom is 0.317 e. The fourth-order valence-corrected chi connectivity index (χ4v) is 4.55. The van der Waals surface area contributed by atoms with E-state index in [1.807, 2.05) is 13.0 Å². The molecule has 0 spiro atoms. The monoisotopic (exact) mass is 385 g/mol. The van der Waals surface area contributed by atoms with Gasteiger partial charge in [0.15, 0.2) is 0 Å². The first kappa shape index (κ1) is 17.8. The Hall–Kier alpha value is -2.57. The van der Waals surface area contributed by atoms with Gasteiger partial charge in [0.1, 0.15) is 18.5 Å². The van der Waals surface area contributed by atoms with Gasteiger partial charge in [0.2, 0.25) is 10.0 Å². The van der Waals surface area contributed by atoms with Gasteiger partial charge in [-0.15, -0.1) is 4.31 Å². The summed E-state index contributed by atoms with van der Waals surface area (Å²) in [7, 11) is -2.74. The number of carbonyl (C=O) groups is 1. The second-order valence-electron chi connectivity index (χ2n) is 6.28. The molecule has 2 aromatic carbocycles. The van der Waals surface area contributed by atoms with E-state index < -0.39 is 34.5 Å². The molecular formula is C21H22NO4S+. The molecule has 0 N–H and O–H groups in total. The topological polar surface area (TPSA) is 63.7 Å². The number of benzene rings is 2. The predicted octanol–water partition coefficient (Wildman–Crippen LogP) is 3.09. The number of methoxy groups -OCH3 is 1. The molecule has 0 radical (unpaired) electrons. The molecule has 0 amide bonds. The van der Waals surface area contributed by atoms with Gasteiger partial charge in [-0.1, -0.05) is 48.0 Å². The zero-order valence-electron chi connectivity index (χ0n) is 16.1. The van der Waals surface area contributed by atoms with E-state index in [-0.39, 0.29) is 4.90 Å². The normalized spacial score (nSPS) is 21.8. The van der Waals surface area contributed by atoms with Crippen LogP contribution in [0.25, 0.3) is 0 Å². The first-order chi connectivity index (χ1) is 13.4. The largest absolute Gasteiger partial charge is 0.468 e. The third-order valence-electron chi connectivity index (χ3n) is 4.50. The molecule has 1 unspecified atom stereocenters. The van der Waals surface area contributed by atoms with Gasteiger partial charge in [-0.05, 0) is 24.6 Å². The van der Waals surface area contributed by atoms with Crippen LogP contribution in [0.15, 0.2) is 71.6 Å². The number of ether oxygens (including phenoxy) is 1. The van der Waals surface area contributed by atoms with E-state index in [0.717, 1.165) is 9.87 Å². The molecule has 0 saturated carbocycles. The molecule has 0 fully saturated rings. The van der Waals surface area contributed by atoms with E-state index in [1.54, 1.807) is 48.9 Å². The highest BCUT2D eigenvalue weighted by Crippen LogP contribution is 2.33. The summed E-state index contributed by atoms with van der Waals surface area (Å²) in [4.78, 5) is 12.7.